The van der Waals surface area contributed by atoms with Crippen molar-refractivity contribution in [3.05, 3.63) is 71.1 Å². The van der Waals surface area contributed by atoms with Crippen molar-refractivity contribution in [2.45, 2.75) is 25.4 Å². The zero-order valence-electron chi connectivity index (χ0n) is 14.6. The second-order valence-corrected chi connectivity index (χ2v) is 7.39. The van der Waals surface area contributed by atoms with Crippen LogP contribution in [-0.4, -0.2) is 16.3 Å². The van der Waals surface area contributed by atoms with Crippen LogP contribution >= 0.6 is 0 Å². The number of aryl methyl sites for hydroxylation is 2. The van der Waals surface area contributed by atoms with Crippen molar-refractivity contribution < 1.29 is 13.4 Å². The first-order valence-electron chi connectivity index (χ1n) is 8.07. The van der Waals surface area contributed by atoms with Crippen molar-refractivity contribution in [1.82, 2.24) is 4.98 Å². The van der Waals surface area contributed by atoms with Crippen molar-refractivity contribution in [3.63, 3.8) is 0 Å². The highest BCUT2D eigenvalue weighted by Gasteiger charge is 2.15. The van der Waals surface area contributed by atoms with E-state index >= 15 is 0 Å². The molecule has 4 nitrogen and oxygen atoms in total. The maximum Gasteiger partial charge on any atom is 0.226 e. The topological polar surface area (TPSA) is 52.3 Å². The number of ether oxygens (including phenoxy) is 1. The molecule has 0 unspecified atom stereocenters. The summed E-state index contributed by atoms with van der Waals surface area (Å²) in [5, 5.41) is 0. The van der Waals surface area contributed by atoms with E-state index in [9.17, 15) is 4.21 Å². The number of hydrogen-bond acceptors (Lipinski definition) is 4. The van der Waals surface area contributed by atoms with Gasteiger partial charge in [0.15, 0.2) is 0 Å². The Bertz CT molecular complexity index is 887. The minimum absolute atomic E-state index is 0.360. The molecule has 0 aliphatic rings. The number of hydrogen-bond donors (Lipinski definition) is 0. The third-order valence-corrected chi connectivity index (χ3v) is 5.19. The van der Waals surface area contributed by atoms with Gasteiger partial charge in [-0.15, -0.1) is 0 Å². The molecule has 0 saturated heterocycles. The number of aromatic nitrogens is 1. The van der Waals surface area contributed by atoms with Crippen LogP contribution in [0, 0.1) is 13.8 Å². The summed E-state index contributed by atoms with van der Waals surface area (Å²) in [5.74, 6) is 2.83. The van der Waals surface area contributed by atoms with Gasteiger partial charge in [-0.3, -0.25) is 4.21 Å². The van der Waals surface area contributed by atoms with Crippen LogP contribution in [0.15, 0.2) is 52.9 Å². The van der Waals surface area contributed by atoms with E-state index in [-0.39, 0.29) is 0 Å². The van der Waals surface area contributed by atoms with Crippen LogP contribution in [0.5, 0.6) is 5.75 Å². The number of benzene rings is 2. The highest BCUT2D eigenvalue weighted by molar-refractivity contribution is 7.83. The molecule has 0 spiro atoms. The number of rotatable bonds is 6. The maximum absolute atomic E-state index is 12.6. The predicted octanol–water partition coefficient (Wildman–Crippen LogP) is 4.42. The van der Waals surface area contributed by atoms with E-state index in [1.807, 2.05) is 62.4 Å². The first-order chi connectivity index (χ1) is 12.1. The van der Waals surface area contributed by atoms with Crippen molar-refractivity contribution in [3.8, 4) is 17.2 Å². The average molecular weight is 355 g/mol. The van der Waals surface area contributed by atoms with Crippen molar-refractivity contribution in [1.29, 1.82) is 0 Å². The number of nitrogens with zero attached hydrogens (tertiary/aromatic N) is 1. The Morgan fingerprint density at radius 1 is 1.08 bits per heavy atom. The van der Waals surface area contributed by atoms with Crippen LogP contribution in [0.3, 0.4) is 0 Å². The molecule has 1 aromatic heterocycles. The fourth-order valence-corrected chi connectivity index (χ4v) is 3.91. The lowest BCUT2D eigenvalue weighted by Crippen LogP contribution is -2.03. The lowest BCUT2D eigenvalue weighted by Gasteiger charge is -2.09. The van der Waals surface area contributed by atoms with E-state index < -0.39 is 10.8 Å². The molecule has 1 heterocycles. The molecule has 0 fully saturated rings. The van der Waals surface area contributed by atoms with Crippen molar-refractivity contribution in [2.75, 3.05) is 7.11 Å². The predicted molar refractivity (Wildman–Crippen MR) is 100.0 cm³/mol. The van der Waals surface area contributed by atoms with E-state index in [0.717, 1.165) is 28.1 Å². The molecular formula is C20H21NO3S. The van der Waals surface area contributed by atoms with Gasteiger partial charge >= 0.3 is 0 Å². The van der Waals surface area contributed by atoms with Crippen LogP contribution in [0.25, 0.3) is 11.5 Å². The Kier molecular flexibility index (Phi) is 5.34. The first-order valence-corrected chi connectivity index (χ1v) is 9.56. The molecule has 25 heavy (non-hydrogen) atoms. The maximum atomic E-state index is 12.6. The second kappa shape index (κ2) is 7.66. The lowest BCUT2D eigenvalue weighted by atomic mass is 10.1. The Morgan fingerprint density at radius 2 is 1.84 bits per heavy atom. The van der Waals surface area contributed by atoms with Gasteiger partial charge in [-0.2, -0.15) is 0 Å². The van der Waals surface area contributed by atoms with E-state index in [1.54, 1.807) is 7.11 Å². The van der Waals surface area contributed by atoms with E-state index in [0.29, 0.717) is 23.2 Å². The zero-order valence-corrected chi connectivity index (χ0v) is 15.4. The molecule has 130 valence electrons. The summed E-state index contributed by atoms with van der Waals surface area (Å²) in [6.45, 7) is 3.87. The minimum atomic E-state index is -1.10. The normalized spacial score (nSPS) is 12.1. The quantitative estimate of drug-likeness (QED) is 0.657. The van der Waals surface area contributed by atoms with Crippen molar-refractivity contribution in [2.24, 2.45) is 0 Å². The fourth-order valence-electron chi connectivity index (χ4n) is 2.66. The van der Waals surface area contributed by atoms with Gasteiger partial charge in [-0.05, 0) is 32.0 Å². The molecule has 3 rings (SSSR count). The van der Waals surface area contributed by atoms with E-state index in [1.165, 1.54) is 0 Å². The molecule has 0 bridgehead atoms. The second-order valence-electron chi connectivity index (χ2n) is 5.93. The Labute approximate surface area is 150 Å². The highest BCUT2D eigenvalue weighted by Crippen LogP contribution is 2.25. The standard InChI is InChI=1S/C20H21NO3S/c1-14-9-10-19(23-3)17(11-14)12-25(22)13-18-15(2)24-20(21-18)16-7-5-4-6-8-16/h4-11H,12-13H2,1-3H3/t25-/m0/s1. The third-order valence-electron chi connectivity index (χ3n) is 3.96. The fraction of sp³-hybridized carbons (Fsp3) is 0.250. The van der Waals surface area contributed by atoms with Gasteiger partial charge in [0.25, 0.3) is 0 Å². The number of oxazole rings is 1. The van der Waals surface area contributed by atoms with Gasteiger partial charge in [0.1, 0.15) is 11.5 Å². The lowest BCUT2D eigenvalue weighted by molar-refractivity contribution is 0.411. The molecule has 0 saturated carbocycles. The van der Waals surface area contributed by atoms with Gasteiger partial charge in [-0.1, -0.05) is 35.9 Å². The van der Waals surface area contributed by atoms with E-state index in [2.05, 4.69) is 4.98 Å². The molecule has 0 aliphatic heterocycles. The molecule has 3 aromatic rings. The summed E-state index contributed by atoms with van der Waals surface area (Å²) in [4.78, 5) is 4.53. The summed E-state index contributed by atoms with van der Waals surface area (Å²) < 4.78 is 23.7. The summed E-state index contributed by atoms with van der Waals surface area (Å²) >= 11 is 0. The molecule has 0 N–H and O–H groups in total. The SMILES string of the molecule is COc1ccc(C)cc1C[S@](=O)Cc1nc(-c2ccccc2)oc1C. The highest BCUT2D eigenvalue weighted by atomic mass is 32.2. The monoisotopic (exact) mass is 355 g/mol. The molecule has 1 atom stereocenters. The first kappa shape index (κ1) is 17.4. The van der Waals surface area contributed by atoms with Gasteiger partial charge < -0.3 is 9.15 Å². The molecule has 0 amide bonds. The smallest absolute Gasteiger partial charge is 0.226 e. The van der Waals surface area contributed by atoms with Crippen LogP contribution in [0.1, 0.15) is 22.6 Å². The molecule has 2 aromatic carbocycles. The summed E-state index contributed by atoms with van der Waals surface area (Å²) in [6.07, 6.45) is 0. The molecule has 5 heteroatoms. The zero-order chi connectivity index (χ0) is 17.8. The Morgan fingerprint density at radius 3 is 2.56 bits per heavy atom. The summed E-state index contributed by atoms with van der Waals surface area (Å²) in [6, 6.07) is 15.6. The van der Waals surface area contributed by atoms with Gasteiger partial charge in [0.2, 0.25) is 5.89 Å². The number of methoxy groups -OCH3 is 1. The summed E-state index contributed by atoms with van der Waals surface area (Å²) in [7, 11) is 0.532. The van der Waals surface area contributed by atoms with Crippen LogP contribution < -0.4 is 4.74 Å². The van der Waals surface area contributed by atoms with Crippen molar-refractivity contribution >= 4 is 10.8 Å². The van der Waals surface area contributed by atoms with Crippen LogP contribution in [-0.2, 0) is 22.3 Å². The minimum Gasteiger partial charge on any atom is -0.496 e. The van der Waals surface area contributed by atoms with Crippen LogP contribution in [0.2, 0.25) is 0 Å². The molecule has 0 radical (unpaired) electrons. The van der Waals surface area contributed by atoms with Gasteiger partial charge in [0.05, 0.1) is 24.3 Å². The largest absolute Gasteiger partial charge is 0.496 e. The average Bonchev–Trinajstić information content (AvgIpc) is 2.96. The summed E-state index contributed by atoms with van der Waals surface area (Å²) in [5.41, 5.74) is 3.73. The third kappa shape index (κ3) is 4.17. The van der Waals surface area contributed by atoms with E-state index in [4.69, 9.17) is 9.15 Å². The Hall–Kier alpha value is -2.40. The molecular weight excluding hydrogens is 334 g/mol. The Balaban J connectivity index is 1.76. The van der Waals surface area contributed by atoms with Gasteiger partial charge in [-0.25, -0.2) is 4.98 Å². The van der Waals surface area contributed by atoms with Gasteiger partial charge in [0, 0.05) is 21.9 Å². The van der Waals surface area contributed by atoms with Crippen LogP contribution in [0.4, 0.5) is 0 Å². The molecule has 0 aliphatic carbocycles.